The minimum Gasteiger partial charge on any atom is -0.491 e. The second-order valence-corrected chi connectivity index (χ2v) is 9.04. The lowest BCUT2D eigenvalue weighted by Crippen LogP contribution is -2.74. The zero-order valence-corrected chi connectivity index (χ0v) is 18.0. The van der Waals surface area contributed by atoms with Crippen LogP contribution in [0.2, 0.25) is 0 Å². The van der Waals surface area contributed by atoms with E-state index in [1.165, 1.54) is 0 Å². The molecule has 1 aliphatic heterocycles. The molecule has 30 heavy (non-hydrogen) atoms. The van der Waals surface area contributed by atoms with Gasteiger partial charge >= 0.3 is 0 Å². The molecule has 0 spiro atoms. The van der Waals surface area contributed by atoms with Gasteiger partial charge < -0.3 is 14.4 Å². The normalized spacial score (nSPS) is 23.3. The molecule has 1 fully saturated rings. The highest BCUT2D eigenvalue weighted by Crippen LogP contribution is 2.59. The maximum Gasteiger partial charge on any atom is 0.256 e. The Morgan fingerprint density at radius 3 is 2.63 bits per heavy atom. The lowest BCUT2D eigenvalue weighted by atomic mass is 9.49. The van der Waals surface area contributed by atoms with Crippen LogP contribution in [0.4, 0.5) is 0 Å². The average Bonchev–Trinajstić information content (AvgIpc) is 3.02. The van der Waals surface area contributed by atoms with E-state index in [4.69, 9.17) is 9.47 Å². The fourth-order valence-electron chi connectivity index (χ4n) is 5.55. The summed E-state index contributed by atoms with van der Waals surface area (Å²) in [6.07, 6.45) is 3.14. The lowest BCUT2D eigenvalue weighted by Gasteiger charge is -2.65. The van der Waals surface area contributed by atoms with Crippen LogP contribution in [-0.4, -0.2) is 39.5 Å². The lowest BCUT2D eigenvalue weighted by molar-refractivity contribution is -0.199. The summed E-state index contributed by atoms with van der Waals surface area (Å²) in [4.78, 5) is 23.5. The van der Waals surface area contributed by atoms with Gasteiger partial charge in [0.05, 0.1) is 30.6 Å². The first-order valence-corrected chi connectivity index (χ1v) is 10.2. The number of amides is 1. The zero-order valence-electron chi connectivity index (χ0n) is 18.0. The molecule has 0 bridgehead atoms. The largest absolute Gasteiger partial charge is 0.491 e. The molecule has 1 aliphatic carbocycles. The molecule has 0 unspecified atom stereocenters. The third-order valence-corrected chi connectivity index (χ3v) is 6.26. The topological polar surface area (TPSA) is 88.3 Å². The van der Waals surface area contributed by atoms with Crippen molar-refractivity contribution < 1.29 is 14.3 Å². The number of pyridine rings is 2. The number of aromatic nitrogens is 2. The van der Waals surface area contributed by atoms with E-state index < -0.39 is 0 Å². The van der Waals surface area contributed by atoms with Crippen LogP contribution in [0.3, 0.4) is 0 Å². The van der Waals surface area contributed by atoms with Gasteiger partial charge in [-0.05, 0) is 19.1 Å². The number of carbonyl (C=O) groups excluding carboxylic acids is 1. The number of fused-ring (bicyclic) bond motifs is 1. The highest BCUT2D eigenvalue weighted by Gasteiger charge is 2.67. The van der Waals surface area contributed by atoms with E-state index in [0.717, 1.165) is 5.69 Å². The van der Waals surface area contributed by atoms with Crippen LogP contribution in [0, 0.1) is 22.2 Å². The van der Waals surface area contributed by atoms with Crippen molar-refractivity contribution in [3.8, 4) is 17.6 Å². The van der Waals surface area contributed by atoms with E-state index in [0.29, 0.717) is 30.2 Å². The van der Waals surface area contributed by atoms with Crippen molar-refractivity contribution in [1.82, 2.24) is 14.9 Å². The van der Waals surface area contributed by atoms with Gasteiger partial charge in [-0.3, -0.25) is 9.78 Å². The molecule has 2 aromatic rings. The summed E-state index contributed by atoms with van der Waals surface area (Å²) >= 11 is 0. The fraction of sp³-hybridized carbons (Fsp3) is 0.478. The third-order valence-electron chi connectivity index (χ3n) is 6.26. The van der Waals surface area contributed by atoms with Crippen LogP contribution in [-0.2, 0) is 6.54 Å². The van der Waals surface area contributed by atoms with Gasteiger partial charge in [-0.1, -0.05) is 27.7 Å². The minimum absolute atomic E-state index is 0.00518. The Bertz CT molecular complexity index is 1020. The standard InChI is InChI=1S/C23H26N4O3/c1-6-29-18-10-14(12-26-16(18)11-24)30-21-22(2,3)20(23(21,4)5)27-13-17-15(19(27)28)8-7-9-25-17/h7-10,12,20-21H,6,13H2,1-5H3. The van der Waals surface area contributed by atoms with Crippen LogP contribution < -0.4 is 9.47 Å². The van der Waals surface area contributed by atoms with Crippen molar-refractivity contribution in [2.45, 2.75) is 53.3 Å². The van der Waals surface area contributed by atoms with E-state index in [2.05, 4.69) is 37.7 Å². The van der Waals surface area contributed by atoms with Crippen LogP contribution in [0.25, 0.3) is 0 Å². The molecule has 156 valence electrons. The van der Waals surface area contributed by atoms with Crippen molar-refractivity contribution in [3.05, 3.63) is 47.5 Å². The smallest absolute Gasteiger partial charge is 0.256 e. The molecule has 4 rings (SSSR count). The highest BCUT2D eigenvalue weighted by atomic mass is 16.5. The van der Waals surface area contributed by atoms with Crippen molar-refractivity contribution in [2.75, 3.05) is 6.61 Å². The van der Waals surface area contributed by atoms with Crippen LogP contribution in [0.15, 0.2) is 30.6 Å². The van der Waals surface area contributed by atoms with Crippen LogP contribution in [0.5, 0.6) is 11.5 Å². The Balaban J connectivity index is 1.59. The molecule has 1 amide bonds. The first-order valence-electron chi connectivity index (χ1n) is 10.2. The van der Waals surface area contributed by atoms with Crippen molar-refractivity contribution in [3.63, 3.8) is 0 Å². The van der Waals surface area contributed by atoms with E-state index in [9.17, 15) is 10.1 Å². The maximum absolute atomic E-state index is 13.0. The van der Waals surface area contributed by atoms with E-state index in [-0.39, 0.29) is 34.6 Å². The number of hydrogen-bond donors (Lipinski definition) is 0. The molecule has 2 aliphatic rings. The number of ether oxygens (including phenoxy) is 2. The second-order valence-electron chi connectivity index (χ2n) is 9.04. The molecule has 0 aromatic carbocycles. The monoisotopic (exact) mass is 406 g/mol. The van der Waals surface area contributed by atoms with Crippen molar-refractivity contribution >= 4 is 5.91 Å². The Morgan fingerprint density at radius 1 is 1.27 bits per heavy atom. The van der Waals surface area contributed by atoms with Gasteiger partial charge in [0.15, 0.2) is 11.4 Å². The van der Waals surface area contributed by atoms with Gasteiger partial charge in [-0.2, -0.15) is 5.26 Å². The molecule has 0 radical (unpaired) electrons. The van der Waals surface area contributed by atoms with Crippen LogP contribution in [0.1, 0.15) is 56.4 Å². The Hall–Kier alpha value is -3.14. The molecule has 0 N–H and O–H groups in total. The number of nitriles is 1. The summed E-state index contributed by atoms with van der Waals surface area (Å²) in [5.41, 5.74) is 1.17. The Kier molecular flexibility index (Phi) is 4.69. The predicted molar refractivity (Wildman–Crippen MR) is 110 cm³/mol. The summed E-state index contributed by atoms with van der Waals surface area (Å²) in [5, 5.41) is 9.22. The van der Waals surface area contributed by atoms with Crippen molar-refractivity contribution in [1.29, 1.82) is 5.26 Å². The molecule has 7 heteroatoms. The van der Waals surface area contributed by atoms with Crippen molar-refractivity contribution in [2.24, 2.45) is 10.8 Å². The summed E-state index contributed by atoms with van der Waals surface area (Å²) in [6.45, 7) is 11.3. The molecule has 2 aromatic heterocycles. The third kappa shape index (κ3) is 2.90. The fourth-order valence-corrected chi connectivity index (χ4v) is 5.55. The number of rotatable bonds is 5. The van der Waals surface area contributed by atoms with Gasteiger partial charge in [0.25, 0.3) is 5.91 Å². The first kappa shape index (κ1) is 20.1. The summed E-state index contributed by atoms with van der Waals surface area (Å²) in [5.74, 6) is 1.00. The highest BCUT2D eigenvalue weighted by molar-refractivity contribution is 5.98. The molecule has 0 atom stereocenters. The van der Waals surface area contributed by atoms with Gasteiger partial charge in [0.1, 0.15) is 17.9 Å². The molecule has 1 saturated carbocycles. The van der Waals surface area contributed by atoms with Gasteiger partial charge in [0.2, 0.25) is 0 Å². The quantitative estimate of drug-likeness (QED) is 0.754. The molecule has 3 heterocycles. The number of carbonyl (C=O) groups is 1. The zero-order chi connectivity index (χ0) is 21.7. The summed E-state index contributed by atoms with van der Waals surface area (Å²) in [6, 6.07) is 7.39. The van der Waals surface area contributed by atoms with E-state index >= 15 is 0 Å². The van der Waals surface area contributed by atoms with Gasteiger partial charge in [0, 0.05) is 29.1 Å². The first-order chi connectivity index (χ1) is 14.2. The summed E-state index contributed by atoms with van der Waals surface area (Å²) in [7, 11) is 0. The van der Waals surface area contributed by atoms with E-state index in [1.807, 2.05) is 24.0 Å². The average molecular weight is 406 g/mol. The second kappa shape index (κ2) is 6.98. The number of nitrogens with zero attached hydrogens (tertiary/aromatic N) is 4. The predicted octanol–water partition coefficient (Wildman–Crippen LogP) is 3.58. The molecular formula is C23H26N4O3. The SMILES string of the molecule is CCOc1cc(OC2C(C)(C)C(N3Cc4ncccc4C3=O)C2(C)C)cnc1C#N. The Labute approximate surface area is 176 Å². The Morgan fingerprint density at radius 2 is 2.00 bits per heavy atom. The van der Waals surface area contributed by atoms with E-state index in [1.54, 1.807) is 24.5 Å². The maximum atomic E-state index is 13.0. The van der Waals surface area contributed by atoms with Gasteiger partial charge in [-0.15, -0.1) is 0 Å². The minimum atomic E-state index is -0.291. The molecular weight excluding hydrogens is 380 g/mol. The van der Waals surface area contributed by atoms with Gasteiger partial charge in [-0.25, -0.2) is 4.98 Å². The van der Waals surface area contributed by atoms with Crippen LogP contribution >= 0.6 is 0 Å². The molecule has 7 nitrogen and oxygen atoms in total. The number of hydrogen-bond acceptors (Lipinski definition) is 6. The summed E-state index contributed by atoms with van der Waals surface area (Å²) < 4.78 is 11.9. The molecule has 0 saturated heterocycles.